The molecule has 0 aliphatic carbocycles. The number of amides is 1. The Morgan fingerprint density at radius 1 is 1.31 bits per heavy atom. The van der Waals surface area contributed by atoms with Gasteiger partial charge in [-0.2, -0.15) is 0 Å². The van der Waals surface area contributed by atoms with Gasteiger partial charge in [0.25, 0.3) is 0 Å². The quantitative estimate of drug-likeness (QED) is 0.736. The van der Waals surface area contributed by atoms with Crippen LogP contribution in [0.4, 0.5) is 0 Å². The third-order valence-electron chi connectivity index (χ3n) is 4.87. The van der Waals surface area contributed by atoms with Crippen molar-refractivity contribution in [3.63, 3.8) is 0 Å². The fourth-order valence-corrected chi connectivity index (χ4v) is 5.01. The molecule has 2 aromatic rings. The number of benzene rings is 1. The summed E-state index contributed by atoms with van der Waals surface area (Å²) in [5.74, 6) is 0.542. The summed E-state index contributed by atoms with van der Waals surface area (Å²) in [6.45, 7) is 9.07. The molecule has 1 N–H and O–H groups in total. The second-order valence-corrected chi connectivity index (χ2v) is 9.43. The van der Waals surface area contributed by atoms with Gasteiger partial charge in [0, 0.05) is 25.7 Å². The number of hydrogen-bond acceptors (Lipinski definition) is 6. The molecular formula is C19H26N4OS2. The van der Waals surface area contributed by atoms with E-state index in [0.29, 0.717) is 18.5 Å². The van der Waals surface area contributed by atoms with E-state index in [1.165, 1.54) is 34.2 Å². The molecule has 1 aliphatic rings. The molecule has 0 radical (unpaired) electrons. The van der Waals surface area contributed by atoms with E-state index in [1.807, 2.05) is 6.92 Å². The lowest BCUT2D eigenvalue weighted by molar-refractivity contribution is -0.120. The zero-order chi connectivity index (χ0) is 18.5. The molecule has 2 heterocycles. The van der Waals surface area contributed by atoms with Crippen LogP contribution >= 0.6 is 23.1 Å². The molecule has 0 saturated heterocycles. The maximum Gasteiger partial charge on any atom is 0.233 e. The fourth-order valence-electron chi connectivity index (χ4n) is 3.35. The Morgan fingerprint density at radius 2 is 2.08 bits per heavy atom. The number of fused-ring (bicyclic) bond motifs is 1. The lowest BCUT2D eigenvalue weighted by Gasteiger charge is -2.38. The van der Waals surface area contributed by atoms with Crippen molar-refractivity contribution in [1.82, 2.24) is 20.4 Å². The van der Waals surface area contributed by atoms with Gasteiger partial charge in [-0.3, -0.25) is 9.69 Å². The lowest BCUT2D eigenvalue weighted by Crippen LogP contribution is -2.49. The minimum atomic E-state index is -0.169. The van der Waals surface area contributed by atoms with Crippen LogP contribution in [0.25, 0.3) is 0 Å². The number of thioether (sulfide) groups is 1. The van der Waals surface area contributed by atoms with Gasteiger partial charge in [-0.25, -0.2) is 0 Å². The minimum Gasteiger partial charge on any atom is -0.354 e. The Morgan fingerprint density at radius 3 is 2.77 bits per heavy atom. The van der Waals surface area contributed by atoms with Crippen LogP contribution in [0, 0.1) is 5.92 Å². The average molecular weight is 391 g/mol. The second-order valence-electron chi connectivity index (χ2n) is 7.01. The molecule has 26 heavy (non-hydrogen) atoms. The Bertz CT molecular complexity index is 720. The van der Waals surface area contributed by atoms with Crippen molar-refractivity contribution in [2.45, 2.75) is 49.4 Å². The van der Waals surface area contributed by atoms with Gasteiger partial charge >= 0.3 is 0 Å². The van der Waals surface area contributed by atoms with E-state index in [2.05, 4.69) is 58.5 Å². The summed E-state index contributed by atoms with van der Waals surface area (Å²) in [5.41, 5.74) is 4.56. The van der Waals surface area contributed by atoms with E-state index in [9.17, 15) is 4.79 Å². The van der Waals surface area contributed by atoms with Crippen molar-refractivity contribution in [2.24, 2.45) is 5.92 Å². The van der Waals surface area contributed by atoms with Crippen LogP contribution in [0.1, 0.15) is 31.9 Å². The average Bonchev–Trinajstić information content (AvgIpc) is 3.14. The summed E-state index contributed by atoms with van der Waals surface area (Å²) in [6, 6.07) is 9.02. The van der Waals surface area contributed by atoms with Gasteiger partial charge in [-0.15, -0.1) is 10.2 Å². The largest absolute Gasteiger partial charge is 0.354 e. The molecular weight excluding hydrogens is 364 g/mol. The molecule has 1 amide bonds. The first-order chi connectivity index (χ1) is 12.5. The van der Waals surface area contributed by atoms with Crippen LogP contribution in [0.15, 0.2) is 34.1 Å². The molecule has 1 aromatic heterocycles. The van der Waals surface area contributed by atoms with Crippen molar-refractivity contribution in [1.29, 1.82) is 0 Å². The number of nitrogens with zero attached hydrogens (tertiary/aromatic N) is 3. The summed E-state index contributed by atoms with van der Waals surface area (Å²) in [7, 11) is 0. The summed E-state index contributed by atoms with van der Waals surface area (Å²) in [5, 5.41) is 10.8. The highest BCUT2D eigenvalue weighted by Crippen LogP contribution is 2.25. The number of rotatable bonds is 7. The van der Waals surface area contributed by atoms with E-state index >= 15 is 0 Å². The Kier molecular flexibility index (Phi) is 6.67. The predicted octanol–water partition coefficient (Wildman–Crippen LogP) is 3.22. The summed E-state index contributed by atoms with van der Waals surface area (Å²) < 4.78 is 0.834. The topological polar surface area (TPSA) is 58.1 Å². The molecule has 0 saturated carbocycles. The van der Waals surface area contributed by atoms with Gasteiger partial charge in [0.2, 0.25) is 5.91 Å². The molecule has 0 bridgehead atoms. The van der Waals surface area contributed by atoms with E-state index in [0.717, 1.165) is 23.8 Å². The van der Waals surface area contributed by atoms with Crippen molar-refractivity contribution in [3.8, 4) is 0 Å². The van der Waals surface area contributed by atoms with Gasteiger partial charge < -0.3 is 5.32 Å². The Balaban J connectivity index is 1.56. The van der Waals surface area contributed by atoms with E-state index in [4.69, 9.17) is 0 Å². The van der Waals surface area contributed by atoms with E-state index in [-0.39, 0.29) is 11.2 Å². The van der Waals surface area contributed by atoms with E-state index in [1.54, 1.807) is 5.51 Å². The van der Waals surface area contributed by atoms with Crippen molar-refractivity contribution in [3.05, 3.63) is 40.9 Å². The number of hydrogen-bond donors (Lipinski definition) is 1. The zero-order valence-corrected chi connectivity index (χ0v) is 17.1. The van der Waals surface area contributed by atoms with E-state index < -0.39 is 0 Å². The van der Waals surface area contributed by atoms with Crippen molar-refractivity contribution < 1.29 is 4.79 Å². The van der Waals surface area contributed by atoms with Gasteiger partial charge in [0.15, 0.2) is 4.34 Å². The molecule has 1 aromatic carbocycles. The highest BCUT2D eigenvalue weighted by Gasteiger charge is 2.27. The highest BCUT2D eigenvalue weighted by molar-refractivity contribution is 8.02. The molecule has 5 nitrogen and oxygen atoms in total. The summed E-state index contributed by atoms with van der Waals surface area (Å²) in [6.07, 6.45) is 1.08. The third kappa shape index (κ3) is 4.84. The number of carbonyl (C=O) groups is 1. The van der Waals surface area contributed by atoms with Gasteiger partial charge in [-0.1, -0.05) is 61.2 Å². The Hall–Kier alpha value is -1.44. The van der Waals surface area contributed by atoms with Crippen LogP contribution in [0.2, 0.25) is 0 Å². The van der Waals surface area contributed by atoms with Crippen molar-refractivity contribution >= 4 is 29.0 Å². The van der Waals surface area contributed by atoms with Crippen LogP contribution in [-0.2, 0) is 17.8 Å². The number of carbonyl (C=O) groups excluding carboxylic acids is 1. The summed E-state index contributed by atoms with van der Waals surface area (Å²) in [4.78, 5) is 15.0. The van der Waals surface area contributed by atoms with Crippen molar-refractivity contribution in [2.75, 3.05) is 13.1 Å². The number of aromatic nitrogens is 2. The van der Waals surface area contributed by atoms with Crippen LogP contribution in [0.3, 0.4) is 0 Å². The third-order valence-corrected chi connectivity index (χ3v) is 6.78. The zero-order valence-electron chi connectivity index (χ0n) is 15.5. The molecule has 3 rings (SSSR count). The SMILES string of the molecule is CC(C)[C@@H](CNC(=O)[C@H](C)Sc1nncs1)N1CCc2ccccc2C1. The number of nitrogens with one attached hydrogen (secondary N) is 1. The first kappa shape index (κ1) is 19.3. The minimum absolute atomic E-state index is 0.0632. The smallest absolute Gasteiger partial charge is 0.233 e. The monoisotopic (exact) mass is 390 g/mol. The summed E-state index contributed by atoms with van der Waals surface area (Å²) >= 11 is 2.93. The first-order valence-corrected chi connectivity index (χ1v) is 10.8. The highest BCUT2D eigenvalue weighted by atomic mass is 32.2. The van der Waals surface area contributed by atoms with Gasteiger partial charge in [-0.05, 0) is 30.4 Å². The fraction of sp³-hybridized carbons (Fsp3) is 0.526. The normalized spacial score (nSPS) is 16.9. The molecule has 1 aliphatic heterocycles. The molecule has 0 unspecified atom stereocenters. The standard InChI is InChI=1S/C19H26N4OS2/c1-13(2)17(23-9-8-15-6-4-5-7-16(15)11-23)10-20-18(24)14(3)26-19-22-21-12-25-19/h4-7,12-14,17H,8-11H2,1-3H3,(H,20,24)/t14-,17+/m0/s1. The van der Waals surface area contributed by atoms with Crippen LogP contribution in [-0.4, -0.2) is 45.4 Å². The maximum absolute atomic E-state index is 12.5. The van der Waals surface area contributed by atoms with Crippen LogP contribution < -0.4 is 5.32 Å². The van der Waals surface area contributed by atoms with Crippen LogP contribution in [0.5, 0.6) is 0 Å². The first-order valence-electron chi connectivity index (χ1n) is 9.06. The predicted molar refractivity (Wildman–Crippen MR) is 107 cm³/mol. The second kappa shape index (κ2) is 8.97. The molecule has 0 spiro atoms. The molecule has 0 fully saturated rings. The van der Waals surface area contributed by atoms with Gasteiger partial charge in [0.05, 0.1) is 5.25 Å². The molecule has 2 atom stereocenters. The maximum atomic E-state index is 12.5. The van der Waals surface area contributed by atoms with Gasteiger partial charge in [0.1, 0.15) is 5.51 Å². The lowest BCUT2D eigenvalue weighted by atomic mass is 9.95. The molecule has 140 valence electrons. The Labute approximate surface area is 163 Å². The molecule has 7 heteroatoms.